The minimum absolute atomic E-state index is 0.0140. The van der Waals surface area contributed by atoms with Crippen LogP contribution in [0.4, 0.5) is 5.13 Å². The lowest BCUT2D eigenvalue weighted by Gasteiger charge is -2.22. The van der Waals surface area contributed by atoms with Gasteiger partial charge in [-0.2, -0.15) is 0 Å². The van der Waals surface area contributed by atoms with Crippen LogP contribution in [0.25, 0.3) is 5.76 Å². The molecule has 0 saturated carbocycles. The third-order valence-electron chi connectivity index (χ3n) is 7.18. The summed E-state index contributed by atoms with van der Waals surface area (Å²) >= 11 is 2.75. The molecular formula is C34H35N3O5S2. The van der Waals surface area contributed by atoms with Crippen LogP contribution in [-0.4, -0.2) is 40.2 Å². The maximum Gasteiger partial charge on any atom is 0.301 e. The third-order valence-corrected chi connectivity index (χ3v) is 9.31. The number of thioether (sulfide) groups is 1. The zero-order valence-electron chi connectivity index (χ0n) is 25.0. The maximum atomic E-state index is 13.6. The van der Waals surface area contributed by atoms with E-state index in [0.717, 1.165) is 24.8 Å². The number of carbonyl (C=O) groups is 2. The molecule has 2 heterocycles. The summed E-state index contributed by atoms with van der Waals surface area (Å²) in [7, 11) is 0. The van der Waals surface area contributed by atoms with Gasteiger partial charge in [0.05, 0.1) is 24.8 Å². The molecule has 0 radical (unpaired) electrons. The number of carbonyl (C=O) groups excluding carboxylic acids is 2. The van der Waals surface area contributed by atoms with Crippen molar-refractivity contribution in [1.29, 1.82) is 0 Å². The molecule has 1 atom stereocenters. The number of Topliss-reactive ketones (excluding diaryl/α,β-unsaturated/α-hetero) is 1. The minimum atomic E-state index is -0.904. The van der Waals surface area contributed by atoms with Gasteiger partial charge in [-0.1, -0.05) is 84.8 Å². The molecule has 3 aromatic carbocycles. The first kappa shape index (κ1) is 31.3. The van der Waals surface area contributed by atoms with E-state index in [1.165, 1.54) is 33.6 Å². The third kappa shape index (κ3) is 7.14. The zero-order valence-corrected chi connectivity index (χ0v) is 26.6. The van der Waals surface area contributed by atoms with Crippen LogP contribution in [0.5, 0.6) is 11.5 Å². The summed E-state index contributed by atoms with van der Waals surface area (Å²) in [5.41, 5.74) is 3.36. The average Bonchev–Trinajstić information content (AvgIpc) is 3.61. The summed E-state index contributed by atoms with van der Waals surface area (Å²) in [6.45, 7) is 7.18. The predicted molar refractivity (Wildman–Crippen MR) is 175 cm³/mol. The molecule has 0 aliphatic carbocycles. The summed E-state index contributed by atoms with van der Waals surface area (Å²) in [5, 5.41) is 20.4. The van der Waals surface area contributed by atoms with Crippen molar-refractivity contribution >= 4 is 45.7 Å². The Kier molecular flexibility index (Phi) is 10.3. The molecule has 0 bridgehead atoms. The summed E-state index contributed by atoms with van der Waals surface area (Å²) in [5.74, 6) is 0.199. The molecular weight excluding hydrogens is 595 g/mol. The Bertz CT molecular complexity index is 1620. The van der Waals surface area contributed by atoms with Crippen LogP contribution in [0.2, 0.25) is 0 Å². The van der Waals surface area contributed by atoms with Gasteiger partial charge in [-0.05, 0) is 67.8 Å². The van der Waals surface area contributed by atoms with Crippen LogP contribution < -0.4 is 14.4 Å². The first-order valence-electron chi connectivity index (χ1n) is 14.7. The van der Waals surface area contributed by atoms with E-state index >= 15 is 0 Å². The first-order chi connectivity index (χ1) is 21.4. The fourth-order valence-electron chi connectivity index (χ4n) is 4.85. The first-order valence-corrected chi connectivity index (χ1v) is 16.5. The van der Waals surface area contributed by atoms with Crippen LogP contribution >= 0.6 is 23.1 Å². The molecule has 1 aliphatic rings. The van der Waals surface area contributed by atoms with Crippen LogP contribution in [0.1, 0.15) is 61.4 Å². The molecule has 4 aromatic rings. The number of anilines is 1. The van der Waals surface area contributed by atoms with Crippen molar-refractivity contribution in [3.05, 3.63) is 101 Å². The van der Waals surface area contributed by atoms with E-state index in [9.17, 15) is 14.7 Å². The number of aryl methyl sites for hydroxylation is 1. The van der Waals surface area contributed by atoms with Gasteiger partial charge in [-0.3, -0.25) is 14.5 Å². The topological polar surface area (TPSA) is 102 Å². The second-order valence-corrected chi connectivity index (χ2v) is 12.6. The molecule has 8 nitrogen and oxygen atoms in total. The van der Waals surface area contributed by atoms with E-state index in [4.69, 9.17) is 9.47 Å². The van der Waals surface area contributed by atoms with Crippen molar-refractivity contribution in [3.8, 4) is 11.5 Å². The molecule has 5 rings (SSSR count). The number of aliphatic hydroxyl groups excluding tert-OH is 1. The van der Waals surface area contributed by atoms with E-state index in [2.05, 4.69) is 41.4 Å². The van der Waals surface area contributed by atoms with Crippen molar-refractivity contribution in [1.82, 2.24) is 10.2 Å². The van der Waals surface area contributed by atoms with Crippen LogP contribution in [0.3, 0.4) is 0 Å². The summed E-state index contributed by atoms with van der Waals surface area (Å²) in [4.78, 5) is 28.5. The van der Waals surface area contributed by atoms with Gasteiger partial charge >= 0.3 is 5.91 Å². The molecule has 1 unspecified atom stereocenters. The predicted octanol–water partition coefficient (Wildman–Crippen LogP) is 7.73. The maximum absolute atomic E-state index is 13.6. The van der Waals surface area contributed by atoms with Crippen molar-refractivity contribution in [2.75, 3.05) is 18.1 Å². The second-order valence-electron chi connectivity index (χ2n) is 10.4. The Balaban J connectivity index is 1.48. The van der Waals surface area contributed by atoms with Gasteiger partial charge < -0.3 is 14.6 Å². The Morgan fingerprint density at radius 3 is 2.27 bits per heavy atom. The van der Waals surface area contributed by atoms with Crippen LogP contribution in [-0.2, 0) is 15.3 Å². The number of hydrogen-bond acceptors (Lipinski definition) is 9. The lowest BCUT2D eigenvalue weighted by molar-refractivity contribution is -0.132. The van der Waals surface area contributed by atoms with E-state index < -0.39 is 17.7 Å². The highest BCUT2D eigenvalue weighted by Crippen LogP contribution is 2.44. The molecule has 1 N–H and O–H groups in total. The smallest absolute Gasteiger partial charge is 0.301 e. The fraction of sp³-hybridized carbons (Fsp3) is 0.294. The van der Waals surface area contributed by atoms with E-state index in [1.807, 2.05) is 38.1 Å². The number of benzene rings is 3. The fourth-order valence-corrected chi connectivity index (χ4v) is 6.68. The van der Waals surface area contributed by atoms with Gasteiger partial charge in [0.2, 0.25) is 5.13 Å². The number of amides is 1. The van der Waals surface area contributed by atoms with Gasteiger partial charge in [0.25, 0.3) is 5.78 Å². The molecule has 1 aromatic heterocycles. The van der Waals surface area contributed by atoms with Crippen LogP contribution in [0.15, 0.2) is 82.7 Å². The molecule has 1 amide bonds. The Morgan fingerprint density at radius 2 is 1.59 bits per heavy atom. The number of aliphatic hydroxyl groups is 1. The Morgan fingerprint density at radius 1 is 0.909 bits per heavy atom. The molecule has 1 fully saturated rings. The van der Waals surface area contributed by atoms with Crippen molar-refractivity contribution in [2.24, 2.45) is 0 Å². The van der Waals surface area contributed by atoms with Crippen LogP contribution in [0, 0.1) is 6.92 Å². The molecule has 10 heteroatoms. The number of ether oxygens (including phenoxy) is 2. The van der Waals surface area contributed by atoms with Gasteiger partial charge in [0.1, 0.15) is 17.3 Å². The number of unbranched alkanes of at least 4 members (excludes halogenated alkanes) is 2. The highest BCUT2D eigenvalue weighted by Gasteiger charge is 2.48. The monoisotopic (exact) mass is 629 g/mol. The number of aromatic nitrogens is 2. The largest absolute Gasteiger partial charge is 0.507 e. The van der Waals surface area contributed by atoms with Crippen molar-refractivity contribution in [2.45, 2.75) is 56.2 Å². The standard InChI is InChI=1S/C34H35N3O5S2/c1-4-6-7-20-42-27-16-12-24(13-17-27)29-28(30(38)25-14-18-26(19-15-25)41-5-2)31(39)32(40)37(29)33-35-36-34(44-33)43-21-23-10-8-22(3)9-11-23/h8-19,29,38H,4-7,20-21H2,1-3H3/b30-28-. The Labute approximate surface area is 265 Å². The number of ketones is 1. The second kappa shape index (κ2) is 14.5. The zero-order chi connectivity index (χ0) is 31.1. The normalized spacial score (nSPS) is 16.0. The molecule has 0 spiro atoms. The quantitative estimate of drug-likeness (QED) is 0.0400. The van der Waals surface area contributed by atoms with E-state index in [-0.39, 0.29) is 16.5 Å². The lowest BCUT2D eigenvalue weighted by atomic mass is 9.95. The molecule has 44 heavy (non-hydrogen) atoms. The summed E-state index contributed by atoms with van der Waals surface area (Å²) in [6.07, 6.45) is 3.15. The van der Waals surface area contributed by atoms with E-state index in [0.29, 0.717) is 45.9 Å². The van der Waals surface area contributed by atoms with Gasteiger partial charge in [0.15, 0.2) is 4.34 Å². The van der Waals surface area contributed by atoms with Crippen molar-refractivity contribution in [3.63, 3.8) is 0 Å². The van der Waals surface area contributed by atoms with E-state index in [1.54, 1.807) is 24.3 Å². The highest BCUT2D eigenvalue weighted by atomic mass is 32.2. The number of hydrogen-bond donors (Lipinski definition) is 1. The van der Waals surface area contributed by atoms with Gasteiger partial charge in [-0.25, -0.2) is 0 Å². The molecule has 1 saturated heterocycles. The van der Waals surface area contributed by atoms with Gasteiger partial charge in [-0.15, -0.1) is 10.2 Å². The van der Waals surface area contributed by atoms with Gasteiger partial charge in [0, 0.05) is 11.3 Å². The number of nitrogens with zero attached hydrogens (tertiary/aromatic N) is 3. The number of rotatable bonds is 13. The Hall–Kier alpha value is -4.15. The highest BCUT2D eigenvalue weighted by molar-refractivity contribution is 8.00. The lowest BCUT2D eigenvalue weighted by Crippen LogP contribution is -2.29. The average molecular weight is 630 g/mol. The minimum Gasteiger partial charge on any atom is -0.507 e. The van der Waals surface area contributed by atoms with Crippen molar-refractivity contribution < 1.29 is 24.2 Å². The summed E-state index contributed by atoms with van der Waals surface area (Å²) in [6, 6.07) is 21.4. The SMILES string of the molecule is CCCCCOc1ccc(C2/C(=C(/O)c3ccc(OCC)cc3)C(=O)C(=O)N2c2nnc(SCc3ccc(C)cc3)s2)cc1. The summed E-state index contributed by atoms with van der Waals surface area (Å²) < 4.78 is 12.1. The molecule has 228 valence electrons. The molecule has 1 aliphatic heterocycles.